The molecule has 0 N–H and O–H groups in total. The van der Waals surface area contributed by atoms with Gasteiger partial charge in [-0.25, -0.2) is 9.78 Å². The number of rotatable bonds is 2. The summed E-state index contributed by atoms with van der Waals surface area (Å²) in [5.41, 5.74) is 0.312. The minimum Gasteiger partial charge on any atom is -0.462 e. The fourth-order valence-corrected chi connectivity index (χ4v) is 2.28. The summed E-state index contributed by atoms with van der Waals surface area (Å²) >= 11 is 9.37. The maximum Gasteiger partial charge on any atom is 0.341 e. The highest BCUT2D eigenvalue weighted by molar-refractivity contribution is 9.10. The van der Waals surface area contributed by atoms with Crippen molar-refractivity contribution in [3.63, 3.8) is 0 Å². The summed E-state index contributed by atoms with van der Waals surface area (Å²) in [5, 5.41) is 1.73. The van der Waals surface area contributed by atoms with E-state index in [1.807, 2.05) is 18.2 Å². The van der Waals surface area contributed by atoms with Gasteiger partial charge in [-0.05, 0) is 13.0 Å². The van der Waals surface area contributed by atoms with E-state index in [2.05, 4.69) is 20.9 Å². The zero-order valence-electron chi connectivity index (χ0n) is 9.04. The SMILES string of the molecule is CCOC(=O)c1c(Cl)ncc2c(Br)cccc12. The molecule has 17 heavy (non-hydrogen) atoms. The monoisotopic (exact) mass is 313 g/mol. The van der Waals surface area contributed by atoms with E-state index in [-0.39, 0.29) is 5.15 Å². The highest BCUT2D eigenvalue weighted by Gasteiger charge is 2.17. The Balaban J connectivity index is 2.72. The molecule has 1 heterocycles. The van der Waals surface area contributed by atoms with Gasteiger partial charge in [-0.1, -0.05) is 39.7 Å². The van der Waals surface area contributed by atoms with Crippen LogP contribution in [0.2, 0.25) is 5.15 Å². The van der Waals surface area contributed by atoms with Crippen LogP contribution in [-0.2, 0) is 4.74 Å². The minimum atomic E-state index is -0.450. The molecular formula is C12H9BrClNO2. The van der Waals surface area contributed by atoms with Gasteiger partial charge in [0, 0.05) is 21.4 Å². The van der Waals surface area contributed by atoms with Crippen molar-refractivity contribution in [1.29, 1.82) is 0 Å². The lowest BCUT2D eigenvalue weighted by Crippen LogP contribution is -2.07. The summed E-state index contributed by atoms with van der Waals surface area (Å²) in [6, 6.07) is 5.54. The summed E-state index contributed by atoms with van der Waals surface area (Å²) < 4.78 is 5.84. The number of benzene rings is 1. The second-order valence-corrected chi connectivity index (χ2v) is 4.56. The molecule has 5 heteroatoms. The van der Waals surface area contributed by atoms with Gasteiger partial charge in [-0.15, -0.1) is 0 Å². The van der Waals surface area contributed by atoms with Crippen LogP contribution in [0.25, 0.3) is 10.8 Å². The molecule has 0 saturated heterocycles. The molecule has 0 spiro atoms. The molecule has 0 aliphatic rings. The van der Waals surface area contributed by atoms with Gasteiger partial charge < -0.3 is 4.74 Å². The summed E-state index contributed by atoms with van der Waals surface area (Å²) in [6.07, 6.45) is 1.63. The van der Waals surface area contributed by atoms with Gasteiger partial charge in [0.2, 0.25) is 0 Å². The van der Waals surface area contributed by atoms with E-state index in [0.717, 1.165) is 15.2 Å². The summed E-state index contributed by atoms with van der Waals surface area (Å²) in [7, 11) is 0. The van der Waals surface area contributed by atoms with Gasteiger partial charge in [0.15, 0.2) is 0 Å². The van der Waals surface area contributed by atoms with E-state index in [0.29, 0.717) is 12.2 Å². The van der Waals surface area contributed by atoms with Crippen molar-refractivity contribution in [2.75, 3.05) is 6.61 Å². The number of halogens is 2. The maximum atomic E-state index is 11.8. The lowest BCUT2D eigenvalue weighted by atomic mass is 10.1. The van der Waals surface area contributed by atoms with Gasteiger partial charge in [-0.3, -0.25) is 0 Å². The molecule has 0 saturated carbocycles. The Kier molecular flexibility index (Phi) is 3.64. The van der Waals surface area contributed by atoms with E-state index < -0.39 is 5.97 Å². The van der Waals surface area contributed by atoms with E-state index >= 15 is 0 Å². The molecule has 0 radical (unpaired) electrons. The average molecular weight is 315 g/mol. The summed E-state index contributed by atoms with van der Waals surface area (Å²) in [4.78, 5) is 15.8. The molecule has 1 aromatic carbocycles. The molecule has 0 bridgehead atoms. The van der Waals surface area contributed by atoms with Crippen molar-refractivity contribution in [3.8, 4) is 0 Å². The number of hydrogen-bond acceptors (Lipinski definition) is 3. The van der Waals surface area contributed by atoms with Crippen LogP contribution in [-0.4, -0.2) is 17.6 Å². The summed E-state index contributed by atoms with van der Waals surface area (Å²) in [6.45, 7) is 2.06. The smallest absolute Gasteiger partial charge is 0.341 e. The number of fused-ring (bicyclic) bond motifs is 1. The molecule has 0 aliphatic heterocycles. The van der Waals surface area contributed by atoms with Gasteiger partial charge in [-0.2, -0.15) is 0 Å². The van der Waals surface area contributed by atoms with Gasteiger partial charge in [0.25, 0.3) is 0 Å². The van der Waals surface area contributed by atoms with Crippen molar-refractivity contribution < 1.29 is 9.53 Å². The highest BCUT2D eigenvalue weighted by atomic mass is 79.9. The van der Waals surface area contributed by atoms with E-state index in [1.54, 1.807) is 13.1 Å². The lowest BCUT2D eigenvalue weighted by Gasteiger charge is -2.08. The predicted molar refractivity (Wildman–Crippen MR) is 70.4 cm³/mol. The van der Waals surface area contributed by atoms with Gasteiger partial charge in [0.1, 0.15) is 10.7 Å². The van der Waals surface area contributed by atoms with E-state index in [4.69, 9.17) is 16.3 Å². The molecule has 3 nitrogen and oxygen atoms in total. The Hall–Kier alpha value is -1.13. The second kappa shape index (κ2) is 5.02. The van der Waals surface area contributed by atoms with Crippen LogP contribution in [0, 0.1) is 0 Å². The van der Waals surface area contributed by atoms with Crippen LogP contribution in [0.3, 0.4) is 0 Å². The number of ether oxygens (including phenoxy) is 1. The van der Waals surface area contributed by atoms with Crippen LogP contribution >= 0.6 is 27.5 Å². The Labute approximate surface area is 112 Å². The topological polar surface area (TPSA) is 39.2 Å². The van der Waals surface area contributed by atoms with Crippen molar-refractivity contribution in [2.45, 2.75) is 6.92 Å². The fourth-order valence-electron chi connectivity index (χ4n) is 1.58. The average Bonchev–Trinajstić information content (AvgIpc) is 2.29. The number of pyridine rings is 1. The third-order valence-corrected chi connectivity index (χ3v) is 3.29. The first-order chi connectivity index (χ1) is 8.15. The largest absolute Gasteiger partial charge is 0.462 e. The quantitative estimate of drug-likeness (QED) is 0.625. The first-order valence-corrected chi connectivity index (χ1v) is 6.22. The highest BCUT2D eigenvalue weighted by Crippen LogP contribution is 2.29. The Morgan fingerprint density at radius 3 is 2.94 bits per heavy atom. The standard InChI is InChI=1S/C12H9BrClNO2/c1-2-17-12(16)10-7-4-3-5-9(13)8(7)6-15-11(10)14/h3-6H,2H2,1H3. The predicted octanol–water partition coefficient (Wildman–Crippen LogP) is 3.83. The zero-order valence-corrected chi connectivity index (χ0v) is 11.4. The molecule has 2 rings (SSSR count). The normalized spacial score (nSPS) is 10.5. The number of nitrogens with zero attached hydrogens (tertiary/aromatic N) is 1. The molecule has 0 unspecified atom stereocenters. The summed E-state index contributed by atoms with van der Waals surface area (Å²) in [5.74, 6) is -0.450. The molecular weight excluding hydrogens is 305 g/mol. The Morgan fingerprint density at radius 1 is 1.47 bits per heavy atom. The van der Waals surface area contributed by atoms with Crippen LogP contribution in [0.15, 0.2) is 28.9 Å². The zero-order chi connectivity index (χ0) is 12.4. The minimum absolute atomic E-state index is 0.161. The van der Waals surface area contributed by atoms with Crippen LogP contribution in [0.5, 0.6) is 0 Å². The van der Waals surface area contributed by atoms with Crippen LogP contribution < -0.4 is 0 Å². The Bertz CT molecular complexity index is 586. The Morgan fingerprint density at radius 2 is 2.24 bits per heavy atom. The molecule has 1 aromatic heterocycles. The number of aromatic nitrogens is 1. The first-order valence-electron chi connectivity index (χ1n) is 5.05. The van der Waals surface area contributed by atoms with Crippen molar-refractivity contribution >= 4 is 44.3 Å². The van der Waals surface area contributed by atoms with Gasteiger partial charge in [0.05, 0.1) is 6.61 Å². The van der Waals surface area contributed by atoms with Crippen LogP contribution in [0.4, 0.5) is 0 Å². The second-order valence-electron chi connectivity index (χ2n) is 3.35. The molecule has 88 valence electrons. The third-order valence-electron chi connectivity index (χ3n) is 2.32. The van der Waals surface area contributed by atoms with E-state index in [1.165, 1.54) is 0 Å². The van der Waals surface area contributed by atoms with Crippen molar-refractivity contribution in [3.05, 3.63) is 39.6 Å². The van der Waals surface area contributed by atoms with Gasteiger partial charge >= 0.3 is 5.97 Å². The third kappa shape index (κ3) is 2.28. The number of hydrogen-bond donors (Lipinski definition) is 0. The number of carbonyl (C=O) groups excluding carboxylic acids is 1. The number of esters is 1. The molecule has 0 aliphatic carbocycles. The van der Waals surface area contributed by atoms with Crippen LogP contribution in [0.1, 0.15) is 17.3 Å². The molecule has 0 fully saturated rings. The first kappa shape index (κ1) is 12.3. The molecule has 2 aromatic rings. The fraction of sp³-hybridized carbons (Fsp3) is 0.167. The van der Waals surface area contributed by atoms with E-state index in [9.17, 15) is 4.79 Å². The number of carbonyl (C=O) groups is 1. The molecule has 0 amide bonds. The lowest BCUT2D eigenvalue weighted by molar-refractivity contribution is 0.0528. The van der Waals surface area contributed by atoms with Crippen molar-refractivity contribution in [1.82, 2.24) is 4.98 Å². The maximum absolute atomic E-state index is 11.8. The molecule has 0 atom stereocenters. The van der Waals surface area contributed by atoms with Crippen molar-refractivity contribution in [2.24, 2.45) is 0 Å².